The average Bonchev–Trinajstić information content (AvgIpc) is 2.22. The van der Waals surface area contributed by atoms with Crippen LogP contribution in [0.15, 0.2) is 16.6 Å². The normalized spacial score (nSPS) is 11.4. The van der Waals surface area contributed by atoms with Crippen LogP contribution in [-0.4, -0.2) is 25.7 Å². The highest BCUT2D eigenvalue weighted by atomic mass is 79.9. The molecule has 0 heterocycles. The summed E-state index contributed by atoms with van der Waals surface area (Å²) in [6.45, 7) is 8.11. The molecule has 3 nitrogen and oxygen atoms in total. The van der Waals surface area contributed by atoms with Crippen LogP contribution in [0.3, 0.4) is 0 Å². The largest absolute Gasteiger partial charge is 0.493 e. The molecule has 102 valence electrons. The third-order valence-electron chi connectivity index (χ3n) is 2.31. The van der Waals surface area contributed by atoms with E-state index in [9.17, 15) is 0 Å². The van der Waals surface area contributed by atoms with Gasteiger partial charge in [-0.1, -0.05) is 11.6 Å². The lowest BCUT2D eigenvalue weighted by molar-refractivity contribution is 0.413. The molecule has 0 spiro atoms. The highest BCUT2D eigenvalue weighted by molar-refractivity contribution is 9.10. The van der Waals surface area contributed by atoms with Crippen LogP contribution in [0, 0.1) is 0 Å². The summed E-state index contributed by atoms with van der Waals surface area (Å²) in [6, 6.07) is 3.68. The van der Waals surface area contributed by atoms with Crippen molar-refractivity contribution in [2.45, 2.75) is 26.3 Å². The number of anilines is 1. The number of hydrogen-bond donors (Lipinski definition) is 2. The van der Waals surface area contributed by atoms with Crippen molar-refractivity contribution in [3.8, 4) is 5.75 Å². The van der Waals surface area contributed by atoms with Crippen LogP contribution >= 0.6 is 27.5 Å². The number of methoxy groups -OCH3 is 1. The first-order chi connectivity index (χ1) is 8.33. The zero-order valence-electron chi connectivity index (χ0n) is 11.2. The molecule has 1 aromatic rings. The van der Waals surface area contributed by atoms with Crippen LogP contribution in [0.1, 0.15) is 20.8 Å². The monoisotopic (exact) mass is 334 g/mol. The standard InChI is InChI=1S/C13H20BrClN2O/c1-13(2,3)17-6-5-16-11-8-9(15)7-10(14)12(11)18-4/h7-8,16-17H,5-6H2,1-4H3. The van der Waals surface area contributed by atoms with E-state index in [1.54, 1.807) is 7.11 Å². The van der Waals surface area contributed by atoms with Gasteiger partial charge in [0.05, 0.1) is 17.3 Å². The van der Waals surface area contributed by atoms with Gasteiger partial charge in [0.25, 0.3) is 0 Å². The van der Waals surface area contributed by atoms with Gasteiger partial charge in [-0.15, -0.1) is 0 Å². The van der Waals surface area contributed by atoms with Gasteiger partial charge in [-0.05, 0) is 48.8 Å². The summed E-state index contributed by atoms with van der Waals surface area (Å²) in [4.78, 5) is 0. The molecule has 1 aromatic carbocycles. The van der Waals surface area contributed by atoms with Gasteiger partial charge in [-0.2, -0.15) is 0 Å². The topological polar surface area (TPSA) is 33.3 Å². The first-order valence-electron chi connectivity index (χ1n) is 5.85. The minimum Gasteiger partial charge on any atom is -0.493 e. The molecule has 18 heavy (non-hydrogen) atoms. The van der Waals surface area contributed by atoms with Gasteiger partial charge < -0.3 is 15.4 Å². The molecule has 0 saturated carbocycles. The molecule has 0 fully saturated rings. The van der Waals surface area contributed by atoms with E-state index in [1.165, 1.54) is 0 Å². The molecule has 0 aliphatic carbocycles. The van der Waals surface area contributed by atoms with E-state index >= 15 is 0 Å². The first kappa shape index (κ1) is 15.6. The lowest BCUT2D eigenvalue weighted by Crippen LogP contribution is -2.38. The maximum atomic E-state index is 6.02. The van der Waals surface area contributed by atoms with Crippen molar-refractivity contribution in [2.24, 2.45) is 0 Å². The second-order valence-electron chi connectivity index (χ2n) is 5.07. The molecule has 0 aliphatic heterocycles. The molecule has 1 rings (SSSR count). The van der Waals surface area contributed by atoms with Gasteiger partial charge in [-0.25, -0.2) is 0 Å². The van der Waals surface area contributed by atoms with Crippen molar-refractivity contribution in [1.82, 2.24) is 5.32 Å². The molecule has 0 radical (unpaired) electrons. The molecule has 0 aliphatic rings. The minimum absolute atomic E-state index is 0.126. The van der Waals surface area contributed by atoms with Crippen LogP contribution in [-0.2, 0) is 0 Å². The summed E-state index contributed by atoms with van der Waals surface area (Å²) in [5, 5.41) is 7.40. The number of halogens is 2. The average molecular weight is 336 g/mol. The Morgan fingerprint density at radius 3 is 2.50 bits per heavy atom. The molecule has 0 unspecified atom stereocenters. The Labute approximate surface area is 122 Å². The second-order valence-corrected chi connectivity index (χ2v) is 6.36. The Bertz CT molecular complexity index is 405. The first-order valence-corrected chi connectivity index (χ1v) is 7.02. The highest BCUT2D eigenvalue weighted by Crippen LogP contribution is 2.36. The Morgan fingerprint density at radius 2 is 1.94 bits per heavy atom. The fourth-order valence-electron chi connectivity index (χ4n) is 1.53. The van der Waals surface area contributed by atoms with Crippen LogP contribution in [0.2, 0.25) is 5.02 Å². The van der Waals surface area contributed by atoms with Gasteiger partial charge in [-0.3, -0.25) is 0 Å². The highest BCUT2D eigenvalue weighted by Gasteiger charge is 2.10. The predicted octanol–water partition coefficient (Wildman–Crippen LogP) is 3.91. The molecule has 0 atom stereocenters. The quantitative estimate of drug-likeness (QED) is 0.800. The third-order valence-corrected chi connectivity index (χ3v) is 3.12. The number of rotatable bonds is 5. The van der Waals surface area contributed by atoms with Crippen LogP contribution in [0.4, 0.5) is 5.69 Å². The van der Waals surface area contributed by atoms with E-state index in [-0.39, 0.29) is 5.54 Å². The molecule has 5 heteroatoms. The second kappa shape index (κ2) is 6.64. The summed E-state index contributed by atoms with van der Waals surface area (Å²) in [5.74, 6) is 0.773. The summed E-state index contributed by atoms with van der Waals surface area (Å²) in [7, 11) is 1.65. The van der Waals surface area contributed by atoms with Gasteiger partial charge in [0.2, 0.25) is 0 Å². The number of benzene rings is 1. The van der Waals surface area contributed by atoms with Gasteiger partial charge >= 0.3 is 0 Å². The van der Waals surface area contributed by atoms with Gasteiger partial charge in [0, 0.05) is 23.7 Å². The SMILES string of the molecule is COc1c(Br)cc(Cl)cc1NCCNC(C)(C)C. The fraction of sp³-hybridized carbons (Fsp3) is 0.538. The van der Waals surface area contributed by atoms with Crippen LogP contribution in [0.25, 0.3) is 0 Å². The minimum atomic E-state index is 0.126. The van der Waals surface area contributed by atoms with Crippen molar-refractivity contribution in [1.29, 1.82) is 0 Å². The summed E-state index contributed by atoms with van der Waals surface area (Å²) in [5.41, 5.74) is 1.02. The summed E-state index contributed by atoms with van der Waals surface area (Å²) in [6.07, 6.45) is 0. The van der Waals surface area contributed by atoms with E-state index in [2.05, 4.69) is 47.3 Å². The Balaban J connectivity index is 2.61. The van der Waals surface area contributed by atoms with Crippen LogP contribution < -0.4 is 15.4 Å². The maximum Gasteiger partial charge on any atom is 0.156 e. The Hall–Kier alpha value is -0.450. The molecule has 0 saturated heterocycles. The van der Waals surface area contributed by atoms with E-state index in [0.717, 1.165) is 29.0 Å². The molecule has 0 bridgehead atoms. The van der Waals surface area contributed by atoms with Gasteiger partial charge in [0.1, 0.15) is 0 Å². The van der Waals surface area contributed by atoms with E-state index in [4.69, 9.17) is 16.3 Å². The fourth-order valence-corrected chi connectivity index (χ4v) is 2.51. The molecule has 0 amide bonds. The Kier molecular flexibility index (Phi) is 5.76. The zero-order valence-corrected chi connectivity index (χ0v) is 13.6. The third kappa shape index (κ3) is 5.04. The van der Waals surface area contributed by atoms with Crippen molar-refractivity contribution < 1.29 is 4.74 Å². The molecular formula is C13H20BrClN2O. The number of nitrogens with one attached hydrogen (secondary N) is 2. The predicted molar refractivity (Wildman–Crippen MR) is 81.9 cm³/mol. The lowest BCUT2D eigenvalue weighted by Gasteiger charge is -2.21. The maximum absolute atomic E-state index is 6.02. The van der Waals surface area contributed by atoms with E-state index in [1.807, 2.05) is 12.1 Å². The van der Waals surface area contributed by atoms with Crippen LogP contribution in [0.5, 0.6) is 5.75 Å². The van der Waals surface area contributed by atoms with Gasteiger partial charge in [0.15, 0.2) is 5.75 Å². The number of ether oxygens (including phenoxy) is 1. The lowest BCUT2D eigenvalue weighted by atomic mass is 10.1. The Morgan fingerprint density at radius 1 is 1.28 bits per heavy atom. The molecular weight excluding hydrogens is 316 g/mol. The van der Waals surface area contributed by atoms with Crippen molar-refractivity contribution in [3.05, 3.63) is 21.6 Å². The smallest absolute Gasteiger partial charge is 0.156 e. The van der Waals surface area contributed by atoms with E-state index < -0.39 is 0 Å². The van der Waals surface area contributed by atoms with E-state index in [0.29, 0.717) is 5.02 Å². The van der Waals surface area contributed by atoms with Crippen molar-refractivity contribution >= 4 is 33.2 Å². The summed E-state index contributed by atoms with van der Waals surface area (Å²) < 4.78 is 6.19. The van der Waals surface area contributed by atoms with Crippen molar-refractivity contribution in [2.75, 3.05) is 25.5 Å². The molecule has 0 aromatic heterocycles. The number of hydrogen-bond acceptors (Lipinski definition) is 3. The molecule has 2 N–H and O–H groups in total. The zero-order chi connectivity index (χ0) is 13.8. The van der Waals surface area contributed by atoms with Crippen molar-refractivity contribution in [3.63, 3.8) is 0 Å². The summed E-state index contributed by atoms with van der Waals surface area (Å²) >= 11 is 9.46.